The summed E-state index contributed by atoms with van der Waals surface area (Å²) in [4.78, 5) is 74.9. The molecular formula is C20H24N6O6. The SMILES string of the molecule is CCN1CCN(C(=O)NCC(=O)NC(C(=O)NC2CNC2=O)c2ccccc2)C(=O)C1=O. The second-order valence-corrected chi connectivity index (χ2v) is 7.22. The number of carbonyl (C=O) groups is 6. The Morgan fingerprint density at radius 1 is 1.09 bits per heavy atom. The number of likely N-dealkylation sites (N-methyl/N-ethyl adjacent to an activating group) is 1. The first kappa shape index (κ1) is 22.7. The van der Waals surface area contributed by atoms with Crippen LogP contribution in [-0.4, -0.2) is 84.1 Å². The fraction of sp³-hybridized carbons (Fsp3) is 0.400. The average molecular weight is 444 g/mol. The van der Waals surface area contributed by atoms with Crippen LogP contribution in [0.5, 0.6) is 0 Å². The van der Waals surface area contributed by atoms with Gasteiger partial charge in [-0.3, -0.25) is 28.9 Å². The maximum absolute atomic E-state index is 12.7. The Morgan fingerprint density at radius 2 is 1.81 bits per heavy atom. The molecule has 1 aromatic rings. The first-order valence-corrected chi connectivity index (χ1v) is 10.1. The number of β-lactam (4-membered cyclic amide) rings is 1. The topological polar surface area (TPSA) is 157 Å². The Morgan fingerprint density at radius 3 is 2.41 bits per heavy atom. The molecule has 2 atom stereocenters. The van der Waals surface area contributed by atoms with E-state index in [-0.39, 0.29) is 19.0 Å². The number of hydrogen-bond acceptors (Lipinski definition) is 6. The minimum atomic E-state index is -1.09. The predicted octanol–water partition coefficient (Wildman–Crippen LogP) is -2.14. The highest BCUT2D eigenvalue weighted by molar-refractivity contribution is 6.38. The molecule has 2 heterocycles. The van der Waals surface area contributed by atoms with Crippen molar-refractivity contribution < 1.29 is 28.8 Å². The number of nitrogens with zero attached hydrogens (tertiary/aromatic N) is 2. The Bertz CT molecular complexity index is 936. The molecule has 1 aromatic carbocycles. The summed E-state index contributed by atoms with van der Waals surface area (Å²) in [6.07, 6.45) is 0. The zero-order valence-corrected chi connectivity index (χ0v) is 17.4. The average Bonchev–Trinajstić information content (AvgIpc) is 2.80. The van der Waals surface area contributed by atoms with Gasteiger partial charge in [-0.15, -0.1) is 0 Å². The van der Waals surface area contributed by atoms with Gasteiger partial charge in [0.25, 0.3) is 0 Å². The first-order valence-electron chi connectivity index (χ1n) is 10.1. The van der Waals surface area contributed by atoms with E-state index >= 15 is 0 Å². The molecule has 12 heteroatoms. The van der Waals surface area contributed by atoms with E-state index in [0.717, 1.165) is 4.90 Å². The van der Waals surface area contributed by atoms with E-state index in [2.05, 4.69) is 21.3 Å². The molecule has 2 aliphatic heterocycles. The molecule has 0 saturated carbocycles. The van der Waals surface area contributed by atoms with Gasteiger partial charge in [0.15, 0.2) is 0 Å². The van der Waals surface area contributed by atoms with Crippen LogP contribution in [0.4, 0.5) is 4.79 Å². The van der Waals surface area contributed by atoms with Crippen LogP contribution in [0.25, 0.3) is 0 Å². The van der Waals surface area contributed by atoms with Gasteiger partial charge in [-0.05, 0) is 12.5 Å². The molecule has 0 aromatic heterocycles. The number of rotatable bonds is 7. The minimum absolute atomic E-state index is 0.0182. The first-order chi connectivity index (χ1) is 15.3. The molecule has 0 aliphatic carbocycles. The number of piperazine rings is 1. The van der Waals surface area contributed by atoms with E-state index in [0.29, 0.717) is 18.7 Å². The molecule has 2 aliphatic rings. The normalized spacial score (nSPS) is 18.9. The van der Waals surface area contributed by atoms with Gasteiger partial charge in [-0.2, -0.15) is 0 Å². The lowest BCUT2D eigenvalue weighted by Crippen LogP contribution is -2.63. The highest BCUT2D eigenvalue weighted by Gasteiger charge is 2.36. The largest absolute Gasteiger partial charge is 0.352 e. The van der Waals surface area contributed by atoms with Gasteiger partial charge in [0, 0.05) is 26.2 Å². The van der Waals surface area contributed by atoms with Crippen molar-refractivity contribution in [1.82, 2.24) is 31.1 Å². The van der Waals surface area contributed by atoms with E-state index < -0.39 is 48.3 Å². The smallest absolute Gasteiger partial charge is 0.325 e. The summed E-state index contributed by atoms with van der Waals surface area (Å²) in [6.45, 7) is 2.09. The summed E-state index contributed by atoms with van der Waals surface area (Å²) in [5.74, 6) is -3.32. The zero-order chi connectivity index (χ0) is 23.3. The van der Waals surface area contributed by atoms with E-state index in [9.17, 15) is 28.8 Å². The van der Waals surface area contributed by atoms with Crippen molar-refractivity contribution in [3.05, 3.63) is 35.9 Å². The summed E-state index contributed by atoms with van der Waals surface area (Å²) in [5, 5.41) is 9.88. The number of amides is 7. The van der Waals surface area contributed by atoms with Crippen molar-refractivity contribution in [2.24, 2.45) is 0 Å². The standard InChI is InChI=1S/C20H24N6O6/c1-2-25-8-9-26(19(31)18(25)30)20(32)22-11-14(27)24-15(12-6-4-3-5-7-12)17(29)23-13-10-21-16(13)28/h3-7,13,15H,2,8-11H2,1H3,(H,21,28)(H,22,32)(H,23,29)(H,24,27). The summed E-state index contributed by atoms with van der Waals surface area (Å²) in [7, 11) is 0. The van der Waals surface area contributed by atoms with Crippen molar-refractivity contribution in [2.45, 2.75) is 19.0 Å². The van der Waals surface area contributed by atoms with Gasteiger partial charge >= 0.3 is 17.8 Å². The number of benzene rings is 1. The van der Waals surface area contributed by atoms with Crippen LogP contribution in [0.2, 0.25) is 0 Å². The molecule has 2 saturated heterocycles. The molecule has 3 rings (SSSR count). The number of carbonyl (C=O) groups excluding carboxylic acids is 6. The Hall–Kier alpha value is -3.96. The van der Waals surface area contributed by atoms with Crippen molar-refractivity contribution >= 4 is 35.6 Å². The van der Waals surface area contributed by atoms with Crippen LogP contribution in [0.1, 0.15) is 18.5 Å². The van der Waals surface area contributed by atoms with Gasteiger partial charge in [0.2, 0.25) is 17.7 Å². The molecule has 4 N–H and O–H groups in total. The van der Waals surface area contributed by atoms with Crippen molar-refractivity contribution in [2.75, 3.05) is 32.7 Å². The lowest BCUT2D eigenvalue weighted by atomic mass is 10.0. The quantitative estimate of drug-likeness (QED) is 0.278. The van der Waals surface area contributed by atoms with Gasteiger partial charge in [-0.1, -0.05) is 30.3 Å². The summed E-state index contributed by atoms with van der Waals surface area (Å²) < 4.78 is 0. The van der Waals surface area contributed by atoms with Crippen LogP contribution in [-0.2, 0) is 24.0 Å². The van der Waals surface area contributed by atoms with E-state index in [1.54, 1.807) is 37.3 Å². The highest BCUT2D eigenvalue weighted by Crippen LogP contribution is 2.13. The van der Waals surface area contributed by atoms with Crippen LogP contribution in [0.3, 0.4) is 0 Å². The highest BCUT2D eigenvalue weighted by atomic mass is 16.2. The third kappa shape index (κ3) is 5.02. The molecule has 32 heavy (non-hydrogen) atoms. The van der Waals surface area contributed by atoms with Crippen molar-refractivity contribution in [1.29, 1.82) is 0 Å². The minimum Gasteiger partial charge on any atom is -0.352 e. The van der Waals surface area contributed by atoms with E-state index in [1.807, 2.05) is 0 Å². The lowest BCUT2D eigenvalue weighted by molar-refractivity contribution is -0.153. The van der Waals surface area contributed by atoms with Gasteiger partial charge in [0.1, 0.15) is 12.1 Å². The predicted molar refractivity (Wildman–Crippen MR) is 110 cm³/mol. The molecule has 2 unspecified atom stereocenters. The molecule has 0 spiro atoms. The maximum atomic E-state index is 12.7. The number of hydrogen-bond donors (Lipinski definition) is 4. The van der Waals surface area contributed by atoms with Crippen LogP contribution >= 0.6 is 0 Å². The second-order valence-electron chi connectivity index (χ2n) is 7.22. The Balaban J connectivity index is 1.58. The molecular weight excluding hydrogens is 420 g/mol. The van der Waals surface area contributed by atoms with Gasteiger partial charge < -0.3 is 26.2 Å². The Labute approximate surface area is 183 Å². The number of nitrogens with one attached hydrogen (secondary N) is 4. The number of urea groups is 1. The van der Waals surface area contributed by atoms with Gasteiger partial charge in [0.05, 0.1) is 6.54 Å². The Kier molecular flexibility index (Phi) is 7.03. The monoisotopic (exact) mass is 444 g/mol. The lowest BCUT2D eigenvalue weighted by Gasteiger charge is -2.31. The molecule has 7 amide bonds. The maximum Gasteiger partial charge on any atom is 0.325 e. The van der Waals surface area contributed by atoms with Gasteiger partial charge in [-0.25, -0.2) is 4.79 Å². The van der Waals surface area contributed by atoms with Crippen molar-refractivity contribution in [3.8, 4) is 0 Å². The van der Waals surface area contributed by atoms with Crippen molar-refractivity contribution in [3.63, 3.8) is 0 Å². The van der Waals surface area contributed by atoms with Crippen LogP contribution < -0.4 is 21.3 Å². The summed E-state index contributed by atoms with van der Waals surface area (Å²) >= 11 is 0. The number of imide groups is 1. The van der Waals surface area contributed by atoms with E-state index in [4.69, 9.17) is 0 Å². The molecule has 2 fully saturated rings. The zero-order valence-electron chi connectivity index (χ0n) is 17.4. The third-order valence-corrected chi connectivity index (χ3v) is 5.15. The second kappa shape index (κ2) is 9.90. The molecule has 170 valence electrons. The summed E-state index contributed by atoms with van der Waals surface area (Å²) in [6, 6.07) is 5.78. The molecule has 0 radical (unpaired) electrons. The van der Waals surface area contributed by atoms with E-state index in [1.165, 1.54) is 4.90 Å². The van der Waals surface area contributed by atoms with Crippen LogP contribution in [0.15, 0.2) is 30.3 Å². The molecule has 0 bridgehead atoms. The summed E-state index contributed by atoms with van der Waals surface area (Å²) in [5.41, 5.74) is 0.487. The molecule has 12 nitrogen and oxygen atoms in total. The fourth-order valence-electron chi connectivity index (χ4n) is 3.24. The fourth-order valence-corrected chi connectivity index (χ4v) is 3.24. The third-order valence-electron chi connectivity index (χ3n) is 5.15. The van der Waals surface area contributed by atoms with Crippen LogP contribution in [0, 0.1) is 0 Å².